The van der Waals surface area contributed by atoms with E-state index in [0.717, 1.165) is 28.9 Å². The molecule has 0 bridgehead atoms. The molecule has 0 radical (unpaired) electrons. The van der Waals surface area contributed by atoms with Crippen LogP contribution in [-0.2, 0) is 10.8 Å². The molecule has 3 nitrogen and oxygen atoms in total. The van der Waals surface area contributed by atoms with Gasteiger partial charge in [-0.25, -0.2) is 4.79 Å². The van der Waals surface area contributed by atoms with E-state index in [1.165, 1.54) is 5.56 Å². The zero-order valence-electron chi connectivity index (χ0n) is 17.6. The molecule has 0 unspecified atom stereocenters. The third kappa shape index (κ3) is 4.91. The minimum Gasteiger partial charge on any atom is -0.493 e. The van der Waals surface area contributed by atoms with Crippen molar-refractivity contribution in [3.8, 4) is 16.9 Å². The van der Waals surface area contributed by atoms with Crippen LogP contribution in [0.25, 0.3) is 11.1 Å². The lowest BCUT2D eigenvalue weighted by atomic mass is 9.78. The number of carbonyl (C=O) groups is 1. The van der Waals surface area contributed by atoms with Gasteiger partial charge in [0.25, 0.3) is 0 Å². The molecule has 0 atom stereocenters. The highest BCUT2D eigenvalue weighted by molar-refractivity contribution is 5.90. The summed E-state index contributed by atoms with van der Waals surface area (Å²) in [6.07, 6.45) is 0.916. The van der Waals surface area contributed by atoms with Crippen molar-refractivity contribution in [2.75, 3.05) is 6.61 Å². The molecule has 0 aliphatic rings. The Bertz CT molecular complexity index is 820. The van der Waals surface area contributed by atoms with Crippen molar-refractivity contribution < 1.29 is 14.6 Å². The van der Waals surface area contributed by atoms with E-state index in [1.807, 2.05) is 6.07 Å². The Hall–Kier alpha value is -2.29. The first-order chi connectivity index (χ1) is 12.4. The molecule has 0 saturated carbocycles. The Balaban J connectivity index is 2.83. The molecule has 27 heavy (non-hydrogen) atoms. The van der Waals surface area contributed by atoms with Crippen LogP contribution in [0, 0.1) is 0 Å². The van der Waals surface area contributed by atoms with E-state index in [0.29, 0.717) is 6.61 Å². The number of hydrogen-bond donors (Lipinski definition) is 1. The maximum absolute atomic E-state index is 11.5. The van der Waals surface area contributed by atoms with Crippen LogP contribution in [0.3, 0.4) is 0 Å². The van der Waals surface area contributed by atoms with Crippen LogP contribution < -0.4 is 4.74 Å². The summed E-state index contributed by atoms with van der Waals surface area (Å²) in [6.45, 7) is 15.9. The Morgan fingerprint density at radius 2 is 1.67 bits per heavy atom. The van der Waals surface area contributed by atoms with Crippen LogP contribution in [0.5, 0.6) is 5.75 Å². The molecule has 0 aliphatic carbocycles. The van der Waals surface area contributed by atoms with Gasteiger partial charge in [-0.1, -0.05) is 66.7 Å². The number of aromatic carboxylic acids is 1. The Labute approximate surface area is 163 Å². The Morgan fingerprint density at radius 1 is 1.00 bits per heavy atom. The average molecular weight is 369 g/mol. The number of hydrogen-bond acceptors (Lipinski definition) is 2. The molecule has 0 spiro atoms. The molecular formula is C24H32O3. The predicted molar refractivity (Wildman–Crippen MR) is 112 cm³/mol. The lowest BCUT2D eigenvalue weighted by Crippen LogP contribution is -2.18. The fourth-order valence-electron chi connectivity index (χ4n) is 3.01. The molecule has 0 fully saturated rings. The molecule has 3 heteroatoms. The van der Waals surface area contributed by atoms with Crippen LogP contribution in [-0.4, -0.2) is 17.7 Å². The summed E-state index contributed by atoms with van der Waals surface area (Å²) >= 11 is 0. The minimum absolute atomic E-state index is 0.0254. The fraction of sp³-hybridized carbons (Fsp3) is 0.458. The zero-order valence-corrected chi connectivity index (χ0v) is 17.6. The number of ether oxygens (including phenoxy) is 1. The first-order valence-corrected chi connectivity index (χ1v) is 9.60. The molecule has 0 aromatic heterocycles. The van der Waals surface area contributed by atoms with Crippen molar-refractivity contribution in [3.05, 3.63) is 53.1 Å². The van der Waals surface area contributed by atoms with Crippen molar-refractivity contribution in [2.45, 2.75) is 65.7 Å². The fourth-order valence-corrected chi connectivity index (χ4v) is 3.01. The third-order valence-corrected chi connectivity index (χ3v) is 4.63. The van der Waals surface area contributed by atoms with E-state index in [9.17, 15) is 9.90 Å². The molecule has 2 aromatic rings. The van der Waals surface area contributed by atoms with Gasteiger partial charge in [-0.15, -0.1) is 0 Å². The molecular weight excluding hydrogens is 336 g/mol. The van der Waals surface area contributed by atoms with Crippen LogP contribution in [0.4, 0.5) is 0 Å². The molecule has 2 rings (SSSR count). The van der Waals surface area contributed by atoms with Crippen LogP contribution in [0.15, 0.2) is 36.4 Å². The monoisotopic (exact) mass is 368 g/mol. The number of carboxylic acid groups (broad SMARTS) is 1. The van der Waals surface area contributed by atoms with Gasteiger partial charge in [0.2, 0.25) is 0 Å². The van der Waals surface area contributed by atoms with Gasteiger partial charge < -0.3 is 9.84 Å². The van der Waals surface area contributed by atoms with Gasteiger partial charge >= 0.3 is 5.97 Å². The highest BCUT2D eigenvalue weighted by Gasteiger charge is 2.26. The lowest BCUT2D eigenvalue weighted by Gasteiger charge is -2.29. The second-order valence-corrected chi connectivity index (χ2v) is 9.13. The summed E-state index contributed by atoms with van der Waals surface area (Å²) in [5.74, 6) is -0.0595. The molecule has 1 N–H and O–H groups in total. The largest absolute Gasteiger partial charge is 0.493 e. The van der Waals surface area contributed by atoms with Gasteiger partial charge in [0.05, 0.1) is 12.2 Å². The quantitative estimate of drug-likeness (QED) is 0.661. The van der Waals surface area contributed by atoms with E-state index < -0.39 is 5.97 Å². The number of benzene rings is 2. The van der Waals surface area contributed by atoms with Crippen molar-refractivity contribution in [1.82, 2.24) is 0 Å². The molecule has 0 amide bonds. The SMILES string of the molecule is CCCOc1c(-c2cccc(C(=O)O)c2)cc(C(C)(C)C)cc1C(C)(C)C. The number of carboxylic acids is 1. The minimum atomic E-state index is -0.920. The van der Waals surface area contributed by atoms with Crippen molar-refractivity contribution in [1.29, 1.82) is 0 Å². The third-order valence-electron chi connectivity index (χ3n) is 4.63. The summed E-state index contributed by atoms with van der Waals surface area (Å²) in [4.78, 5) is 11.5. The van der Waals surface area contributed by atoms with Crippen molar-refractivity contribution in [2.24, 2.45) is 0 Å². The first kappa shape index (κ1) is 21.0. The van der Waals surface area contributed by atoms with E-state index in [-0.39, 0.29) is 16.4 Å². The second kappa shape index (κ2) is 7.75. The highest BCUT2D eigenvalue weighted by Crippen LogP contribution is 2.43. The summed E-state index contributed by atoms with van der Waals surface area (Å²) in [7, 11) is 0. The van der Waals surface area contributed by atoms with Crippen LogP contribution >= 0.6 is 0 Å². The summed E-state index contributed by atoms with van der Waals surface area (Å²) in [6, 6.07) is 11.5. The first-order valence-electron chi connectivity index (χ1n) is 9.60. The summed E-state index contributed by atoms with van der Waals surface area (Å²) in [5, 5.41) is 9.40. The zero-order chi connectivity index (χ0) is 20.4. The maximum atomic E-state index is 11.5. The molecule has 0 saturated heterocycles. The van der Waals surface area contributed by atoms with Gasteiger partial charge in [-0.05, 0) is 46.6 Å². The Kier molecular flexibility index (Phi) is 6.04. The average Bonchev–Trinajstić information content (AvgIpc) is 2.57. The molecule has 146 valence electrons. The lowest BCUT2D eigenvalue weighted by molar-refractivity contribution is 0.0697. The second-order valence-electron chi connectivity index (χ2n) is 9.13. The van der Waals surface area contributed by atoms with Crippen LogP contribution in [0.2, 0.25) is 0 Å². The molecule has 0 aliphatic heterocycles. The smallest absolute Gasteiger partial charge is 0.335 e. The molecule has 0 heterocycles. The van der Waals surface area contributed by atoms with E-state index in [4.69, 9.17) is 4.74 Å². The molecule has 2 aromatic carbocycles. The topological polar surface area (TPSA) is 46.5 Å². The Morgan fingerprint density at radius 3 is 2.19 bits per heavy atom. The summed E-state index contributed by atoms with van der Waals surface area (Å²) in [5.41, 5.74) is 4.37. The van der Waals surface area contributed by atoms with E-state index >= 15 is 0 Å². The van der Waals surface area contributed by atoms with Crippen LogP contribution in [0.1, 0.15) is 76.4 Å². The standard InChI is InChI=1S/C24H32O3/c1-8-12-27-21-19(16-10-9-11-17(13-16)22(25)26)14-18(23(2,3)4)15-20(21)24(5,6)7/h9-11,13-15H,8,12H2,1-7H3,(H,25,26). The highest BCUT2D eigenvalue weighted by atomic mass is 16.5. The number of rotatable bonds is 5. The normalized spacial score (nSPS) is 12.1. The summed E-state index contributed by atoms with van der Waals surface area (Å²) < 4.78 is 6.22. The van der Waals surface area contributed by atoms with Crippen molar-refractivity contribution in [3.63, 3.8) is 0 Å². The van der Waals surface area contributed by atoms with E-state index in [2.05, 4.69) is 60.6 Å². The van der Waals surface area contributed by atoms with Gasteiger partial charge in [0, 0.05) is 11.1 Å². The maximum Gasteiger partial charge on any atom is 0.335 e. The van der Waals surface area contributed by atoms with Gasteiger partial charge in [0.1, 0.15) is 5.75 Å². The van der Waals surface area contributed by atoms with Gasteiger partial charge in [-0.3, -0.25) is 0 Å². The van der Waals surface area contributed by atoms with Gasteiger partial charge in [-0.2, -0.15) is 0 Å². The van der Waals surface area contributed by atoms with E-state index in [1.54, 1.807) is 18.2 Å². The van der Waals surface area contributed by atoms with Gasteiger partial charge in [0.15, 0.2) is 0 Å². The van der Waals surface area contributed by atoms with Crippen molar-refractivity contribution >= 4 is 5.97 Å². The predicted octanol–water partition coefficient (Wildman–Crippen LogP) is 6.44.